The zero-order valence-corrected chi connectivity index (χ0v) is 12.4. The molecule has 1 aromatic heterocycles. The Morgan fingerprint density at radius 2 is 2.22 bits per heavy atom. The molecule has 18 heavy (non-hydrogen) atoms. The molecule has 0 bridgehead atoms. The summed E-state index contributed by atoms with van der Waals surface area (Å²) in [4.78, 5) is 0.201. The van der Waals surface area contributed by atoms with E-state index in [4.69, 9.17) is 4.74 Å². The van der Waals surface area contributed by atoms with E-state index in [2.05, 4.69) is 33.1 Å². The van der Waals surface area contributed by atoms with E-state index >= 15 is 0 Å². The zero-order chi connectivity index (χ0) is 13.1. The molecule has 0 aliphatic rings. The van der Waals surface area contributed by atoms with Gasteiger partial charge in [0.2, 0.25) is 0 Å². The number of nitrogens with zero attached hydrogens (tertiary/aromatic N) is 2. The van der Waals surface area contributed by atoms with Crippen molar-refractivity contribution in [3.05, 3.63) is 29.0 Å². The van der Waals surface area contributed by atoms with Gasteiger partial charge in [0.25, 0.3) is 0 Å². The number of halogens is 2. The summed E-state index contributed by atoms with van der Waals surface area (Å²) >= 11 is 4.99. The van der Waals surface area contributed by atoms with Crippen LogP contribution >= 0.6 is 27.3 Å². The third kappa shape index (κ3) is 2.70. The van der Waals surface area contributed by atoms with Gasteiger partial charge in [0.15, 0.2) is 11.6 Å². The van der Waals surface area contributed by atoms with Gasteiger partial charge in [-0.15, -0.1) is 10.2 Å². The molecule has 3 nitrogen and oxygen atoms in total. The van der Waals surface area contributed by atoms with Crippen LogP contribution in [0.3, 0.4) is 0 Å². The third-order valence-electron chi connectivity index (χ3n) is 2.47. The minimum Gasteiger partial charge on any atom is -0.494 e. The van der Waals surface area contributed by atoms with Crippen molar-refractivity contribution < 1.29 is 9.13 Å². The molecule has 1 unspecified atom stereocenters. The van der Waals surface area contributed by atoms with E-state index < -0.39 is 5.82 Å². The summed E-state index contributed by atoms with van der Waals surface area (Å²) in [6.07, 6.45) is 0.936. The normalized spacial score (nSPS) is 12.4. The van der Waals surface area contributed by atoms with E-state index in [9.17, 15) is 4.39 Å². The van der Waals surface area contributed by atoms with Gasteiger partial charge in [0.05, 0.1) is 11.9 Å². The highest BCUT2D eigenvalue weighted by Gasteiger charge is 2.14. The summed E-state index contributed by atoms with van der Waals surface area (Å²) in [6, 6.07) is 4.79. The lowest BCUT2D eigenvalue weighted by Gasteiger charge is -2.02. The molecule has 0 spiro atoms. The van der Waals surface area contributed by atoms with Crippen molar-refractivity contribution in [3.8, 4) is 16.3 Å². The average molecular weight is 331 g/mol. The Hall–Kier alpha value is -1.01. The highest BCUT2D eigenvalue weighted by molar-refractivity contribution is 9.09. The van der Waals surface area contributed by atoms with Gasteiger partial charge in [0.1, 0.15) is 10.0 Å². The van der Waals surface area contributed by atoms with Crippen LogP contribution in [0.4, 0.5) is 4.39 Å². The highest BCUT2D eigenvalue weighted by atomic mass is 79.9. The average Bonchev–Trinajstić information content (AvgIpc) is 2.87. The van der Waals surface area contributed by atoms with Crippen molar-refractivity contribution in [3.63, 3.8) is 0 Å². The standard InChI is InChI=1S/C12H12BrFN2OS/c1-3-8(13)12-16-15-11(18-12)7-4-5-10(17-2)9(14)6-7/h4-6,8H,3H2,1-2H3. The zero-order valence-electron chi connectivity index (χ0n) is 9.98. The van der Waals surface area contributed by atoms with Gasteiger partial charge < -0.3 is 4.74 Å². The molecule has 0 amide bonds. The lowest BCUT2D eigenvalue weighted by atomic mass is 10.2. The van der Waals surface area contributed by atoms with Crippen LogP contribution in [-0.4, -0.2) is 17.3 Å². The summed E-state index contributed by atoms with van der Waals surface area (Å²) < 4.78 is 18.5. The SMILES string of the molecule is CCC(Br)c1nnc(-c2ccc(OC)c(F)c2)s1. The van der Waals surface area contributed by atoms with Gasteiger partial charge >= 0.3 is 0 Å². The van der Waals surface area contributed by atoms with Crippen LogP contribution in [0.2, 0.25) is 0 Å². The molecule has 1 heterocycles. The Bertz CT molecular complexity index is 547. The van der Waals surface area contributed by atoms with Crippen LogP contribution in [0.5, 0.6) is 5.75 Å². The summed E-state index contributed by atoms with van der Waals surface area (Å²) in [5, 5.41) is 9.81. The fourth-order valence-electron chi connectivity index (χ4n) is 1.45. The van der Waals surface area contributed by atoms with Crippen LogP contribution in [0.15, 0.2) is 18.2 Å². The van der Waals surface area contributed by atoms with Crippen LogP contribution in [0, 0.1) is 5.82 Å². The Kier molecular flexibility index (Phi) is 4.29. The van der Waals surface area contributed by atoms with Crippen LogP contribution in [0.1, 0.15) is 23.2 Å². The molecule has 2 rings (SSSR count). The first-order valence-electron chi connectivity index (χ1n) is 5.47. The lowest BCUT2D eigenvalue weighted by Crippen LogP contribution is -1.88. The van der Waals surface area contributed by atoms with Gasteiger partial charge in [-0.25, -0.2) is 4.39 Å². The van der Waals surface area contributed by atoms with Crippen molar-refractivity contribution in [2.75, 3.05) is 7.11 Å². The number of hydrogen-bond donors (Lipinski definition) is 0. The molecule has 0 N–H and O–H groups in total. The van der Waals surface area contributed by atoms with Gasteiger partial charge in [-0.05, 0) is 24.6 Å². The van der Waals surface area contributed by atoms with E-state index in [0.717, 1.165) is 11.4 Å². The summed E-state index contributed by atoms with van der Waals surface area (Å²) in [7, 11) is 1.44. The molecule has 0 aliphatic heterocycles. The molecule has 0 saturated heterocycles. The Morgan fingerprint density at radius 1 is 1.44 bits per heavy atom. The molecule has 0 fully saturated rings. The predicted octanol–water partition coefficient (Wildman–Crippen LogP) is 4.20. The van der Waals surface area contributed by atoms with Crippen molar-refractivity contribution in [2.45, 2.75) is 18.2 Å². The molecule has 1 atom stereocenters. The third-order valence-corrected chi connectivity index (χ3v) is 4.94. The maximum Gasteiger partial charge on any atom is 0.165 e. The molecular weight excluding hydrogens is 319 g/mol. The minimum atomic E-state index is -0.391. The number of alkyl halides is 1. The van der Waals surface area contributed by atoms with Gasteiger partial charge in [-0.3, -0.25) is 0 Å². The second-order valence-corrected chi connectivity index (χ2v) is 5.78. The maximum absolute atomic E-state index is 13.6. The quantitative estimate of drug-likeness (QED) is 0.788. The largest absolute Gasteiger partial charge is 0.494 e. The van der Waals surface area contributed by atoms with E-state index in [0.29, 0.717) is 10.6 Å². The van der Waals surface area contributed by atoms with Crippen molar-refractivity contribution in [1.82, 2.24) is 10.2 Å². The van der Waals surface area contributed by atoms with Gasteiger partial charge in [-0.2, -0.15) is 0 Å². The Labute approximate surface area is 117 Å². The summed E-state index contributed by atoms with van der Waals surface area (Å²) in [6.45, 7) is 2.06. The number of rotatable bonds is 4. The maximum atomic E-state index is 13.6. The molecule has 1 aromatic carbocycles. The predicted molar refractivity (Wildman–Crippen MR) is 73.8 cm³/mol. The van der Waals surface area contributed by atoms with Gasteiger partial charge in [-0.1, -0.05) is 34.2 Å². The molecule has 96 valence electrons. The topological polar surface area (TPSA) is 35.0 Å². The number of hydrogen-bond acceptors (Lipinski definition) is 4. The lowest BCUT2D eigenvalue weighted by molar-refractivity contribution is 0.386. The first kappa shape index (κ1) is 13.4. The smallest absolute Gasteiger partial charge is 0.165 e. The van der Waals surface area contributed by atoms with E-state index in [-0.39, 0.29) is 10.6 Å². The molecule has 0 saturated carbocycles. The summed E-state index contributed by atoms with van der Waals surface area (Å²) in [5.41, 5.74) is 0.716. The minimum absolute atomic E-state index is 0.201. The Balaban J connectivity index is 2.31. The van der Waals surface area contributed by atoms with Crippen LogP contribution < -0.4 is 4.74 Å². The highest BCUT2D eigenvalue weighted by Crippen LogP contribution is 2.33. The van der Waals surface area contributed by atoms with E-state index in [1.807, 2.05) is 0 Å². The Morgan fingerprint density at radius 3 is 2.83 bits per heavy atom. The first-order valence-corrected chi connectivity index (χ1v) is 7.20. The van der Waals surface area contributed by atoms with Crippen molar-refractivity contribution in [1.29, 1.82) is 0 Å². The van der Waals surface area contributed by atoms with Crippen LogP contribution in [0.25, 0.3) is 10.6 Å². The number of aromatic nitrogens is 2. The fraction of sp³-hybridized carbons (Fsp3) is 0.333. The van der Waals surface area contributed by atoms with Crippen LogP contribution in [-0.2, 0) is 0 Å². The fourth-order valence-corrected chi connectivity index (χ4v) is 2.72. The molecule has 2 aromatic rings. The number of ether oxygens (including phenoxy) is 1. The molecule has 0 radical (unpaired) electrons. The van der Waals surface area contributed by atoms with E-state index in [1.165, 1.54) is 24.5 Å². The monoisotopic (exact) mass is 330 g/mol. The summed E-state index contributed by atoms with van der Waals surface area (Å²) in [5.74, 6) is -0.159. The second-order valence-electron chi connectivity index (χ2n) is 3.67. The number of methoxy groups -OCH3 is 1. The van der Waals surface area contributed by atoms with E-state index in [1.54, 1.807) is 12.1 Å². The van der Waals surface area contributed by atoms with Crippen molar-refractivity contribution >= 4 is 27.3 Å². The number of benzene rings is 1. The molecule has 6 heteroatoms. The van der Waals surface area contributed by atoms with Crippen molar-refractivity contribution in [2.24, 2.45) is 0 Å². The molecular formula is C12H12BrFN2OS. The second kappa shape index (κ2) is 5.75. The van der Waals surface area contributed by atoms with Gasteiger partial charge in [0, 0.05) is 5.56 Å². The molecule has 0 aliphatic carbocycles. The first-order chi connectivity index (χ1) is 8.65.